The lowest BCUT2D eigenvalue weighted by Crippen LogP contribution is -2.42. The minimum absolute atomic E-state index is 0.0824. The highest BCUT2D eigenvalue weighted by molar-refractivity contribution is 7.93. The van der Waals surface area contributed by atoms with Gasteiger partial charge >= 0.3 is 18.3 Å². The molecule has 0 spiro atoms. The Morgan fingerprint density at radius 1 is 0.436 bits per heavy atom. The van der Waals surface area contributed by atoms with Crippen molar-refractivity contribution in [3.8, 4) is 67.2 Å². The molecule has 6 N–H and O–H groups in total. The van der Waals surface area contributed by atoms with E-state index in [0.29, 0.717) is 17.8 Å². The predicted molar refractivity (Wildman–Crippen MR) is 452 cm³/mol. The van der Waals surface area contributed by atoms with Gasteiger partial charge in [0.2, 0.25) is 17.8 Å². The van der Waals surface area contributed by atoms with Crippen molar-refractivity contribution in [2.45, 2.75) is 254 Å². The number of ether oxygens (including phenoxy) is 3. The number of hydrogen-bond acceptors (Lipinski definition) is 22. The van der Waals surface area contributed by atoms with Gasteiger partial charge in [0.25, 0.3) is 0 Å². The van der Waals surface area contributed by atoms with Crippen LogP contribution in [0.1, 0.15) is 171 Å². The Morgan fingerprint density at radius 3 is 0.940 bits per heavy atom. The molecule has 6 saturated heterocycles. The second-order valence-corrected chi connectivity index (χ2v) is 35.1. The third kappa shape index (κ3) is 16.5. The summed E-state index contributed by atoms with van der Waals surface area (Å²) in [5.41, 5.74) is 19.1. The minimum Gasteiger partial charge on any atom is -0.444 e. The van der Waals surface area contributed by atoms with Gasteiger partial charge < -0.3 is 73.4 Å². The standard InChI is InChI=1S/3C29H34N6O3.CH3FS/c3*1-15-13-31-27(32-23-12-19-8-10-24(23)35(19)28(36)37-29(4,5)6)33-26(15)21-14-30-22-11-18(7-9-20(21)22)25-16(2)34-38-17(25)3;1-3-2/h3*7,9,11,13-14,19,23-24,30H,8,10,12H2,1-6H3,(H,31,32,33);1H3/t19-,23?,24+;2*19-,23+,24+;/m010./s1. The first-order chi connectivity index (χ1) is 55.7. The largest absolute Gasteiger partial charge is 0.444 e. The van der Waals surface area contributed by atoms with Gasteiger partial charge in [0.1, 0.15) is 34.1 Å². The molecule has 18 rings (SSSR count). The maximum atomic E-state index is 12.9. The average molecular weight is 1610 g/mol. The molecule has 12 aromatic rings. The number of fused-ring (bicyclic) bond motifs is 9. The van der Waals surface area contributed by atoms with Crippen molar-refractivity contribution < 1.29 is 46.0 Å². The maximum Gasteiger partial charge on any atom is 0.410 e. The van der Waals surface area contributed by atoms with E-state index >= 15 is 0 Å². The zero-order valence-electron chi connectivity index (χ0n) is 70.0. The van der Waals surface area contributed by atoms with Crippen LogP contribution >= 0.6 is 12.1 Å². The van der Waals surface area contributed by atoms with Crippen LogP contribution in [-0.2, 0) is 14.2 Å². The van der Waals surface area contributed by atoms with Crippen LogP contribution in [0.3, 0.4) is 0 Å². The molecule has 0 saturated carbocycles. The fraction of sp³-hybridized carbons (Fsp3) is 0.455. The van der Waals surface area contributed by atoms with E-state index in [1.807, 2.05) is 177 Å². The van der Waals surface area contributed by atoms with Gasteiger partial charge in [0.15, 0.2) is 0 Å². The molecule has 614 valence electrons. The zero-order chi connectivity index (χ0) is 83.0. The number of carbonyl (C=O) groups is 3. The number of halogens is 1. The van der Waals surface area contributed by atoms with Crippen LogP contribution in [0.15, 0.2) is 105 Å². The quantitative estimate of drug-likeness (QED) is 0.0619. The Hall–Kier alpha value is -11.4. The number of amides is 3. The zero-order valence-corrected chi connectivity index (χ0v) is 70.9. The minimum atomic E-state index is -0.510. The van der Waals surface area contributed by atoms with E-state index in [4.69, 9.17) is 42.7 Å². The van der Waals surface area contributed by atoms with Crippen molar-refractivity contribution in [1.82, 2.24) is 75.0 Å². The van der Waals surface area contributed by atoms with Crippen molar-refractivity contribution in [3.63, 3.8) is 0 Å². The Balaban J connectivity index is 0.000000135. The third-order valence-electron chi connectivity index (χ3n) is 23.1. The monoisotopic (exact) mass is 1610 g/mol. The van der Waals surface area contributed by atoms with Gasteiger partial charge in [-0.2, -0.15) is 3.89 Å². The van der Waals surface area contributed by atoms with Gasteiger partial charge in [0, 0.05) is 140 Å². The van der Waals surface area contributed by atoms with E-state index in [9.17, 15) is 18.3 Å². The summed E-state index contributed by atoms with van der Waals surface area (Å²) in [6, 6.07) is 20.1. The van der Waals surface area contributed by atoms with Gasteiger partial charge in [-0.3, -0.25) is 0 Å². The lowest BCUT2D eigenvalue weighted by Gasteiger charge is -2.28. The molecule has 29 heteroatoms. The fourth-order valence-corrected chi connectivity index (χ4v) is 18.2. The topological polar surface area (TPSA) is 328 Å². The number of aromatic nitrogens is 12. The van der Waals surface area contributed by atoms with Crippen molar-refractivity contribution in [3.05, 3.63) is 143 Å². The number of nitrogens with one attached hydrogen (secondary N) is 6. The molecule has 3 aromatic carbocycles. The summed E-state index contributed by atoms with van der Waals surface area (Å²) < 4.78 is 43.4. The lowest BCUT2D eigenvalue weighted by molar-refractivity contribution is 0.0203. The molecule has 9 aromatic heterocycles. The molecule has 6 bridgehead atoms. The SMILES string of the molecule is CSF.Cc1cnc(NC2C[C@@H]3CC[C@H]2N3C(=O)OC(C)(C)C)nc1-c1c[nH]c2cc(-c3c(C)noc3C)ccc12.Cc1cnc(N[C@@H]2C[C@@H]3CC[C@H]2N3C(=O)OC(C)(C)C)nc1-c1c[nH]c2cc(-c3c(C)noc3C)ccc12.Cc1cnc(N[C@H]2C[C@H]3CC[C@@H]2N3C(=O)OC(C)(C)C)nc1-c1c[nH]c2cc(-c3c(C)noc3C)ccc12. The number of carbonyl (C=O) groups excluding carboxylic acids is 3. The molecular weight excluding hydrogens is 1500 g/mol. The maximum absolute atomic E-state index is 12.9. The summed E-state index contributed by atoms with van der Waals surface area (Å²) in [6.45, 7) is 34.9. The third-order valence-corrected chi connectivity index (χ3v) is 23.1. The van der Waals surface area contributed by atoms with E-state index < -0.39 is 16.8 Å². The van der Waals surface area contributed by atoms with Gasteiger partial charge in [-0.05, 0) is 234 Å². The van der Waals surface area contributed by atoms with Crippen LogP contribution in [-0.4, -0.2) is 171 Å². The highest BCUT2D eigenvalue weighted by Gasteiger charge is 2.53. The molecule has 1 unspecified atom stereocenters. The normalized spacial score (nSPS) is 20.5. The van der Waals surface area contributed by atoms with E-state index in [-0.39, 0.29) is 84.8 Å². The number of hydrogen-bond donors (Lipinski definition) is 6. The van der Waals surface area contributed by atoms with Crippen LogP contribution in [0.4, 0.5) is 36.1 Å². The molecule has 3 amide bonds. The molecule has 27 nitrogen and oxygen atoms in total. The predicted octanol–water partition coefficient (Wildman–Crippen LogP) is 19.7. The summed E-state index contributed by atoms with van der Waals surface area (Å²) in [7, 11) is 0. The van der Waals surface area contributed by atoms with Crippen LogP contribution in [0.25, 0.3) is 99.9 Å². The van der Waals surface area contributed by atoms with Crippen LogP contribution in [0, 0.1) is 62.3 Å². The Morgan fingerprint density at radius 2 is 0.701 bits per heavy atom. The number of H-pyrrole nitrogens is 3. The van der Waals surface area contributed by atoms with Crippen molar-refractivity contribution in [2.24, 2.45) is 0 Å². The second kappa shape index (κ2) is 31.9. The van der Waals surface area contributed by atoms with Crippen LogP contribution in [0.5, 0.6) is 0 Å². The molecular formula is C88H105FN18O9S. The van der Waals surface area contributed by atoms with Crippen molar-refractivity contribution in [1.29, 1.82) is 0 Å². The van der Waals surface area contributed by atoms with E-state index in [1.54, 1.807) is 0 Å². The number of aryl methyl sites for hydroxylation is 9. The summed E-state index contributed by atoms with van der Waals surface area (Å²) in [5.74, 6) is 4.16. The number of rotatable bonds is 12. The smallest absolute Gasteiger partial charge is 0.410 e. The van der Waals surface area contributed by atoms with Gasteiger partial charge in [-0.15, -0.1) is 0 Å². The summed E-state index contributed by atoms with van der Waals surface area (Å²) in [5, 5.41) is 26.2. The number of benzene rings is 3. The van der Waals surface area contributed by atoms with E-state index in [2.05, 4.69) is 116 Å². The van der Waals surface area contributed by atoms with E-state index in [1.165, 1.54) is 6.26 Å². The van der Waals surface area contributed by atoms with Gasteiger partial charge in [-0.1, -0.05) is 51.9 Å². The number of anilines is 3. The molecule has 0 aliphatic carbocycles. The fourth-order valence-electron chi connectivity index (χ4n) is 18.2. The first-order valence-corrected chi connectivity index (χ1v) is 41.4. The number of nitrogens with zero attached hydrogens (tertiary/aromatic N) is 12. The Labute approximate surface area is 684 Å². The second-order valence-electron chi connectivity index (χ2n) is 34.8. The molecule has 6 aliphatic rings. The van der Waals surface area contributed by atoms with Gasteiger partial charge in [0.05, 0.1) is 70.4 Å². The molecule has 0 radical (unpaired) electrons. The Bertz CT molecular complexity index is 5120. The van der Waals surface area contributed by atoms with Crippen molar-refractivity contribution in [2.75, 3.05) is 22.2 Å². The first-order valence-electron chi connectivity index (χ1n) is 40.3. The lowest BCUT2D eigenvalue weighted by atomic mass is 9.96. The molecule has 6 aliphatic heterocycles. The van der Waals surface area contributed by atoms with Crippen molar-refractivity contribution >= 4 is 81.0 Å². The highest BCUT2D eigenvalue weighted by atomic mass is 32.2. The summed E-state index contributed by atoms with van der Waals surface area (Å²) >= 11 is 0.250. The molecule has 15 heterocycles. The molecule has 9 atom stereocenters. The molecule has 117 heavy (non-hydrogen) atoms. The van der Waals surface area contributed by atoms with Gasteiger partial charge in [-0.25, -0.2) is 44.3 Å². The Kier molecular flexibility index (Phi) is 22.0. The van der Waals surface area contributed by atoms with Crippen LogP contribution in [0.2, 0.25) is 0 Å². The summed E-state index contributed by atoms with van der Waals surface area (Å²) in [4.78, 5) is 83.2. The van der Waals surface area contributed by atoms with E-state index in [0.717, 1.165) is 209 Å². The first kappa shape index (κ1) is 80.8. The van der Waals surface area contributed by atoms with Crippen LogP contribution < -0.4 is 16.0 Å². The summed E-state index contributed by atoms with van der Waals surface area (Å²) in [6.07, 6.45) is 20.8. The number of aromatic amines is 3. The molecule has 6 fully saturated rings. The highest BCUT2D eigenvalue weighted by Crippen LogP contribution is 2.46. The average Bonchev–Trinajstić information content (AvgIpc) is 1.64.